The summed E-state index contributed by atoms with van der Waals surface area (Å²) in [7, 11) is 0. The minimum atomic E-state index is 0.502. The molecule has 13 heavy (non-hydrogen) atoms. The summed E-state index contributed by atoms with van der Waals surface area (Å²) in [5.41, 5.74) is 7.51. The molecule has 0 atom stereocenters. The second-order valence-electron chi connectivity index (χ2n) is 2.58. The van der Waals surface area contributed by atoms with Crippen LogP contribution in [0.4, 0.5) is 0 Å². The molecular weight excluding hydrogens is 182 g/mol. The van der Waals surface area contributed by atoms with Crippen LogP contribution in [0.5, 0.6) is 0 Å². The molecule has 2 heterocycles. The molecule has 0 bridgehead atoms. The summed E-state index contributed by atoms with van der Waals surface area (Å²) in [6.07, 6.45) is 3.53. The normalized spacial score (nSPS) is 10.2. The van der Waals surface area contributed by atoms with Crippen LogP contribution in [-0.2, 0) is 6.54 Å². The lowest BCUT2D eigenvalue weighted by Crippen LogP contribution is -1.95. The van der Waals surface area contributed by atoms with Crippen LogP contribution in [0.2, 0.25) is 0 Å². The Hall–Kier alpha value is -1.26. The fourth-order valence-corrected chi connectivity index (χ4v) is 1.87. The van der Waals surface area contributed by atoms with E-state index in [9.17, 15) is 0 Å². The van der Waals surface area contributed by atoms with Crippen LogP contribution < -0.4 is 5.73 Å². The third kappa shape index (κ3) is 1.74. The van der Waals surface area contributed by atoms with Crippen molar-refractivity contribution in [3.63, 3.8) is 0 Å². The zero-order valence-corrected chi connectivity index (χ0v) is 7.79. The van der Waals surface area contributed by atoms with Gasteiger partial charge >= 0.3 is 0 Å². The van der Waals surface area contributed by atoms with Gasteiger partial charge in [-0.3, -0.25) is 4.98 Å². The number of thiazole rings is 1. The molecule has 0 amide bonds. The molecule has 0 aromatic carbocycles. The van der Waals surface area contributed by atoms with Crippen LogP contribution in [0, 0.1) is 0 Å². The van der Waals surface area contributed by atoms with Gasteiger partial charge in [0.2, 0.25) is 0 Å². The van der Waals surface area contributed by atoms with Crippen molar-refractivity contribution < 1.29 is 0 Å². The van der Waals surface area contributed by atoms with Gasteiger partial charge in [-0.05, 0) is 12.1 Å². The summed E-state index contributed by atoms with van der Waals surface area (Å²) in [6.45, 7) is 0.502. The van der Waals surface area contributed by atoms with Gasteiger partial charge in [0.25, 0.3) is 0 Å². The van der Waals surface area contributed by atoms with E-state index in [-0.39, 0.29) is 0 Å². The first-order chi connectivity index (χ1) is 6.40. The van der Waals surface area contributed by atoms with Crippen molar-refractivity contribution in [3.05, 3.63) is 35.6 Å². The average Bonchev–Trinajstić information content (AvgIpc) is 2.67. The van der Waals surface area contributed by atoms with E-state index >= 15 is 0 Å². The van der Waals surface area contributed by atoms with E-state index in [4.69, 9.17) is 5.73 Å². The largest absolute Gasteiger partial charge is 0.325 e. The van der Waals surface area contributed by atoms with Gasteiger partial charge in [-0.15, -0.1) is 11.3 Å². The van der Waals surface area contributed by atoms with Gasteiger partial charge in [-0.1, -0.05) is 0 Å². The van der Waals surface area contributed by atoms with E-state index < -0.39 is 0 Å². The van der Waals surface area contributed by atoms with Gasteiger partial charge in [0, 0.05) is 29.9 Å². The highest BCUT2D eigenvalue weighted by atomic mass is 32.1. The molecule has 0 unspecified atom stereocenters. The third-order valence-corrected chi connectivity index (χ3v) is 2.63. The van der Waals surface area contributed by atoms with Crippen molar-refractivity contribution in [2.45, 2.75) is 6.54 Å². The fraction of sp³-hybridized carbons (Fsp3) is 0.111. The van der Waals surface area contributed by atoms with E-state index in [1.807, 2.05) is 17.5 Å². The molecule has 2 aromatic heterocycles. The predicted octanol–water partition coefficient (Wildman–Crippen LogP) is 1.66. The number of hydrogen-bond acceptors (Lipinski definition) is 4. The average molecular weight is 191 g/mol. The predicted molar refractivity (Wildman–Crippen MR) is 53.2 cm³/mol. The minimum absolute atomic E-state index is 0.502. The highest BCUT2D eigenvalue weighted by Gasteiger charge is 2.01. The molecule has 0 aliphatic rings. The molecule has 2 N–H and O–H groups in total. The van der Waals surface area contributed by atoms with Gasteiger partial charge in [0.15, 0.2) is 0 Å². The molecule has 4 heteroatoms. The standard InChI is InChI=1S/C9H9N3S/c10-5-8-6-13-9(12-8)7-1-3-11-4-2-7/h1-4,6H,5,10H2. The second-order valence-corrected chi connectivity index (χ2v) is 3.44. The number of rotatable bonds is 2. The fourth-order valence-electron chi connectivity index (χ4n) is 1.03. The van der Waals surface area contributed by atoms with Crippen molar-refractivity contribution >= 4 is 11.3 Å². The molecule has 0 saturated carbocycles. The lowest BCUT2D eigenvalue weighted by atomic mass is 10.3. The molecule has 0 aliphatic heterocycles. The van der Waals surface area contributed by atoms with Gasteiger partial charge in [0.1, 0.15) is 5.01 Å². The van der Waals surface area contributed by atoms with E-state index in [1.165, 1.54) is 0 Å². The van der Waals surface area contributed by atoms with E-state index in [0.717, 1.165) is 16.3 Å². The topological polar surface area (TPSA) is 51.8 Å². The minimum Gasteiger partial charge on any atom is -0.325 e. The van der Waals surface area contributed by atoms with Crippen molar-refractivity contribution in [2.75, 3.05) is 0 Å². The van der Waals surface area contributed by atoms with Crippen molar-refractivity contribution in [1.29, 1.82) is 0 Å². The second kappa shape index (κ2) is 3.64. The highest BCUT2D eigenvalue weighted by molar-refractivity contribution is 7.13. The summed E-state index contributed by atoms with van der Waals surface area (Å²) in [5, 5.41) is 2.98. The SMILES string of the molecule is NCc1csc(-c2ccncc2)n1. The first kappa shape index (κ1) is 8.34. The summed E-state index contributed by atoms with van der Waals surface area (Å²) >= 11 is 1.61. The molecular formula is C9H9N3S. The molecule has 3 nitrogen and oxygen atoms in total. The number of nitrogens with two attached hydrogens (primary N) is 1. The molecule has 0 radical (unpaired) electrons. The summed E-state index contributed by atoms with van der Waals surface area (Å²) in [5.74, 6) is 0. The molecule has 2 aromatic rings. The quantitative estimate of drug-likeness (QED) is 0.785. The number of hydrogen-bond donors (Lipinski definition) is 1. The maximum absolute atomic E-state index is 5.47. The monoisotopic (exact) mass is 191 g/mol. The molecule has 2 rings (SSSR count). The van der Waals surface area contributed by atoms with E-state index in [0.29, 0.717) is 6.54 Å². The summed E-state index contributed by atoms with van der Waals surface area (Å²) < 4.78 is 0. The first-order valence-corrected chi connectivity index (χ1v) is 4.83. The molecule has 0 saturated heterocycles. The first-order valence-electron chi connectivity index (χ1n) is 3.95. The molecule has 66 valence electrons. The highest BCUT2D eigenvalue weighted by Crippen LogP contribution is 2.22. The van der Waals surface area contributed by atoms with Crippen molar-refractivity contribution in [2.24, 2.45) is 5.73 Å². The molecule has 0 fully saturated rings. The van der Waals surface area contributed by atoms with Crippen LogP contribution in [0.1, 0.15) is 5.69 Å². The Labute approximate surface area is 80.3 Å². The Morgan fingerprint density at radius 1 is 1.31 bits per heavy atom. The van der Waals surface area contributed by atoms with Crippen LogP contribution in [-0.4, -0.2) is 9.97 Å². The zero-order valence-electron chi connectivity index (χ0n) is 6.97. The zero-order chi connectivity index (χ0) is 9.10. The number of nitrogens with zero attached hydrogens (tertiary/aromatic N) is 2. The lowest BCUT2D eigenvalue weighted by molar-refractivity contribution is 1.01. The Balaban J connectivity index is 2.36. The molecule has 0 aliphatic carbocycles. The number of aromatic nitrogens is 2. The summed E-state index contributed by atoms with van der Waals surface area (Å²) in [6, 6.07) is 3.89. The van der Waals surface area contributed by atoms with E-state index in [1.54, 1.807) is 23.7 Å². The molecule has 0 spiro atoms. The Bertz CT molecular complexity index is 383. The van der Waals surface area contributed by atoms with E-state index in [2.05, 4.69) is 9.97 Å². The van der Waals surface area contributed by atoms with Crippen LogP contribution in [0.25, 0.3) is 10.6 Å². The van der Waals surface area contributed by atoms with Gasteiger partial charge in [-0.2, -0.15) is 0 Å². The smallest absolute Gasteiger partial charge is 0.123 e. The van der Waals surface area contributed by atoms with Crippen LogP contribution in [0.15, 0.2) is 29.9 Å². The third-order valence-electron chi connectivity index (χ3n) is 1.69. The Kier molecular flexibility index (Phi) is 2.33. The van der Waals surface area contributed by atoms with Crippen molar-refractivity contribution in [1.82, 2.24) is 9.97 Å². The van der Waals surface area contributed by atoms with Crippen molar-refractivity contribution in [3.8, 4) is 10.6 Å². The number of pyridine rings is 1. The van der Waals surface area contributed by atoms with Crippen LogP contribution in [0.3, 0.4) is 0 Å². The summed E-state index contributed by atoms with van der Waals surface area (Å²) in [4.78, 5) is 8.31. The van der Waals surface area contributed by atoms with Gasteiger partial charge in [0.05, 0.1) is 5.69 Å². The Morgan fingerprint density at radius 2 is 2.08 bits per heavy atom. The van der Waals surface area contributed by atoms with Crippen LogP contribution >= 0.6 is 11.3 Å². The Morgan fingerprint density at radius 3 is 2.69 bits per heavy atom. The maximum Gasteiger partial charge on any atom is 0.123 e. The van der Waals surface area contributed by atoms with Gasteiger partial charge in [-0.25, -0.2) is 4.98 Å². The van der Waals surface area contributed by atoms with Gasteiger partial charge < -0.3 is 5.73 Å². The maximum atomic E-state index is 5.47. The lowest BCUT2D eigenvalue weighted by Gasteiger charge is -1.92.